The molecule has 6 nitrogen and oxygen atoms in total. The van der Waals surface area contributed by atoms with Crippen LogP contribution in [-0.4, -0.2) is 42.8 Å². The van der Waals surface area contributed by atoms with E-state index in [2.05, 4.69) is 0 Å². The second-order valence-electron chi connectivity index (χ2n) is 6.22. The highest BCUT2D eigenvalue weighted by molar-refractivity contribution is 5.94. The summed E-state index contributed by atoms with van der Waals surface area (Å²) in [6, 6.07) is 12.5. The molecule has 0 aromatic heterocycles. The summed E-state index contributed by atoms with van der Waals surface area (Å²) < 4.78 is 23.5. The normalized spacial score (nSPS) is 10.2. The quantitative estimate of drug-likeness (QED) is 0.489. The minimum atomic E-state index is -0.562. The number of ether oxygens (including phenoxy) is 2. The Morgan fingerprint density at radius 2 is 1.79 bits per heavy atom. The minimum absolute atomic E-state index is 0.0185. The van der Waals surface area contributed by atoms with E-state index in [9.17, 15) is 18.8 Å². The Balaban J connectivity index is 1.68. The molecule has 0 aliphatic rings. The summed E-state index contributed by atoms with van der Waals surface area (Å²) in [5.74, 6) is -0.835. The van der Waals surface area contributed by atoms with Crippen LogP contribution in [0.2, 0.25) is 0 Å². The first-order valence-corrected chi connectivity index (χ1v) is 8.73. The van der Waals surface area contributed by atoms with Crippen molar-refractivity contribution in [3.8, 4) is 5.75 Å². The standard InChI is InChI=1S/C21H22FNO5/c1-15(24)17-6-8-19(9-7-17)27-11-10-21(26)28-14-20(25)23(2)13-16-4-3-5-18(22)12-16/h3-9,12H,10-11,13-14H2,1-2H3. The molecule has 28 heavy (non-hydrogen) atoms. The molecule has 1 amide bonds. The number of halogens is 1. The molecule has 0 saturated heterocycles. The van der Waals surface area contributed by atoms with E-state index >= 15 is 0 Å². The molecule has 0 unspecified atom stereocenters. The van der Waals surface area contributed by atoms with Crippen molar-refractivity contribution in [1.82, 2.24) is 4.90 Å². The summed E-state index contributed by atoms with van der Waals surface area (Å²) in [6.07, 6.45) is -0.0185. The van der Waals surface area contributed by atoms with Crippen molar-refractivity contribution in [2.75, 3.05) is 20.3 Å². The fraction of sp³-hybridized carbons (Fsp3) is 0.286. The van der Waals surface area contributed by atoms with Gasteiger partial charge in [0.2, 0.25) is 0 Å². The zero-order chi connectivity index (χ0) is 20.5. The van der Waals surface area contributed by atoms with Gasteiger partial charge in [-0.2, -0.15) is 0 Å². The SMILES string of the molecule is CC(=O)c1ccc(OCCC(=O)OCC(=O)N(C)Cc2cccc(F)c2)cc1. The Kier molecular flexibility index (Phi) is 7.68. The fourth-order valence-electron chi connectivity index (χ4n) is 2.36. The predicted molar refractivity (Wildman–Crippen MR) is 100 cm³/mol. The lowest BCUT2D eigenvalue weighted by Crippen LogP contribution is -2.31. The van der Waals surface area contributed by atoms with Crippen LogP contribution >= 0.6 is 0 Å². The van der Waals surface area contributed by atoms with Gasteiger partial charge in [-0.05, 0) is 48.9 Å². The molecular weight excluding hydrogens is 365 g/mol. The molecule has 7 heteroatoms. The smallest absolute Gasteiger partial charge is 0.309 e. The summed E-state index contributed by atoms with van der Waals surface area (Å²) in [7, 11) is 1.55. The maximum Gasteiger partial charge on any atom is 0.309 e. The highest BCUT2D eigenvalue weighted by Gasteiger charge is 2.13. The zero-order valence-electron chi connectivity index (χ0n) is 15.8. The van der Waals surface area contributed by atoms with Crippen molar-refractivity contribution < 1.29 is 28.2 Å². The molecule has 0 N–H and O–H groups in total. The highest BCUT2D eigenvalue weighted by Crippen LogP contribution is 2.13. The second-order valence-corrected chi connectivity index (χ2v) is 6.22. The molecule has 0 heterocycles. The average Bonchev–Trinajstić information content (AvgIpc) is 2.66. The Labute approximate surface area is 162 Å². The number of likely N-dealkylation sites (N-methyl/N-ethyl adjacent to an activating group) is 1. The third kappa shape index (κ3) is 6.83. The van der Waals surface area contributed by atoms with Gasteiger partial charge in [-0.1, -0.05) is 12.1 Å². The van der Waals surface area contributed by atoms with Crippen molar-refractivity contribution >= 4 is 17.7 Å². The maximum absolute atomic E-state index is 13.2. The van der Waals surface area contributed by atoms with Gasteiger partial charge in [0.25, 0.3) is 5.91 Å². The second kappa shape index (κ2) is 10.2. The summed E-state index contributed by atoms with van der Waals surface area (Å²) in [5.41, 5.74) is 1.22. The number of carbonyl (C=O) groups excluding carboxylic acids is 3. The molecule has 0 aliphatic heterocycles. The Hall–Kier alpha value is -3.22. The first kappa shape index (κ1) is 21.1. The number of hydrogen-bond acceptors (Lipinski definition) is 5. The van der Waals surface area contributed by atoms with Crippen LogP contribution in [0.3, 0.4) is 0 Å². The maximum atomic E-state index is 13.2. The molecule has 0 bridgehead atoms. The number of nitrogens with zero attached hydrogens (tertiary/aromatic N) is 1. The first-order valence-electron chi connectivity index (χ1n) is 8.73. The van der Waals surface area contributed by atoms with Gasteiger partial charge in [0, 0.05) is 19.2 Å². The molecule has 0 radical (unpaired) electrons. The van der Waals surface area contributed by atoms with Crippen molar-refractivity contribution in [2.24, 2.45) is 0 Å². The van der Waals surface area contributed by atoms with Gasteiger partial charge in [0.15, 0.2) is 12.4 Å². The van der Waals surface area contributed by atoms with E-state index in [1.165, 1.54) is 24.0 Å². The number of hydrogen-bond donors (Lipinski definition) is 0. The molecule has 2 rings (SSSR count). The lowest BCUT2D eigenvalue weighted by molar-refractivity contribution is -0.152. The zero-order valence-corrected chi connectivity index (χ0v) is 15.8. The third-order valence-corrected chi connectivity index (χ3v) is 3.93. The van der Waals surface area contributed by atoms with Crippen molar-refractivity contribution in [3.63, 3.8) is 0 Å². The van der Waals surface area contributed by atoms with E-state index in [4.69, 9.17) is 9.47 Å². The largest absolute Gasteiger partial charge is 0.493 e. The van der Waals surface area contributed by atoms with Crippen LogP contribution in [0.15, 0.2) is 48.5 Å². The van der Waals surface area contributed by atoms with Gasteiger partial charge >= 0.3 is 5.97 Å². The number of Topliss-reactive ketones (excluding diaryl/α,β-unsaturated/α-hetero) is 1. The van der Waals surface area contributed by atoms with E-state index in [0.29, 0.717) is 16.9 Å². The van der Waals surface area contributed by atoms with Gasteiger partial charge in [-0.15, -0.1) is 0 Å². The van der Waals surface area contributed by atoms with Gasteiger partial charge in [-0.25, -0.2) is 4.39 Å². The lowest BCUT2D eigenvalue weighted by Gasteiger charge is -2.17. The van der Waals surface area contributed by atoms with Gasteiger partial charge in [0.05, 0.1) is 13.0 Å². The van der Waals surface area contributed by atoms with E-state index in [1.54, 1.807) is 43.4 Å². The molecule has 0 aliphatic carbocycles. The Bertz CT molecular complexity index is 835. The van der Waals surface area contributed by atoms with Gasteiger partial charge in [-0.3, -0.25) is 14.4 Å². The average molecular weight is 387 g/mol. The van der Waals surface area contributed by atoms with Crippen molar-refractivity contribution in [2.45, 2.75) is 19.9 Å². The molecule has 0 fully saturated rings. The van der Waals surface area contributed by atoms with Crippen LogP contribution in [0.5, 0.6) is 5.75 Å². The highest BCUT2D eigenvalue weighted by atomic mass is 19.1. The third-order valence-electron chi connectivity index (χ3n) is 3.93. The molecule has 0 saturated carbocycles. The van der Waals surface area contributed by atoms with Crippen LogP contribution in [0.25, 0.3) is 0 Å². The molecule has 0 spiro atoms. The topological polar surface area (TPSA) is 72.9 Å². The molecule has 2 aromatic carbocycles. The van der Waals surface area contributed by atoms with Crippen LogP contribution in [0.1, 0.15) is 29.3 Å². The van der Waals surface area contributed by atoms with E-state index in [1.807, 2.05) is 0 Å². The number of rotatable bonds is 9. The Morgan fingerprint density at radius 3 is 2.43 bits per heavy atom. The summed E-state index contributed by atoms with van der Waals surface area (Å²) in [6.45, 7) is 1.39. The van der Waals surface area contributed by atoms with E-state index in [-0.39, 0.29) is 31.2 Å². The molecular formula is C21H22FNO5. The van der Waals surface area contributed by atoms with Crippen molar-refractivity contribution in [1.29, 1.82) is 0 Å². The minimum Gasteiger partial charge on any atom is -0.493 e. The van der Waals surface area contributed by atoms with Gasteiger partial charge in [0.1, 0.15) is 11.6 Å². The monoisotopic (exact) mass is 387 g/mol. The van der Waals surface area contributed by atoms with Crippen LogP contribution in [0, 0.1) is 5.82 Å². The number of amides is 1. The molecule has 148 valence electrons. The predicted octanol–water partition coefficient (Wildman–Crippen LogP) is 3.00. The number of benzene rings is 2. The van der Waals surface area contributed by atoms with E-state index < -0.39 is 18.5 Å². The van der Waals surface area contributed by atoms with E-state index in [0.717, 1.165) is 0 Å². The molecule has 2 aromatic rings. The van der Waals surface area contributed by atoms with Crippen LogP contribution in [-0.2, 0) is 20.9 Å². The summed E-state index contributed by atoms with van der Waals surface area (Å²) in [4.78, 5) is 36.3. The fourth-order valence-corrected chi connectivity index (χ4v) is 2.36. The molecule has 0 atom stereocenters. The first-order chi connectivity index (χ1) is 13.3. The number of carbonyl (C=O) groups is 3. The lowest BCUT2D eigenvalue weighted by atomic mass is 10.1. The summed E-state index contributed by atoms with van der Waals surface area (Å²) >= 11 is 0. The van der Waals surface area contributed by atoms with Gasteiger partial charge < -0.3 is 14.4 Å². The number of esters is 1. The van der Waals surface area contributed by atoms with Crippen LogP contribution < -0.4 is 4.74 Å². The Morgan fingerprint density at radius 1 is 1.07 bits per heavy atom. The van der Waals surface area contributed by atoms with Crippen molar-refractivity contribution in [3.05, 3.63) is 65.5 Å². The van der Waals surface area contributed by atoms with Crippen LogP contribution in [0.4, 0.5) is 4.39 Å². The number of ketones is 1. The summed E-state index contributed by atoms with van der Waals surface area (Å²) in [5, 5.41) is 0.